The summed E-state index contributed by atoms with van der Waals surface area (Å²) in [5.74, 6) is 0.476. The van der Waals surface area contributed by atoms with Crippen LogP contribution in [0.1, 0.15) is 24.0 Å². The Morgan fingerprint density at radius 3 is 2.81 bits per heavy atom. The Bertz CT molecular complexity index is 837. The minimum atomic E-state index is -0.483. The topological polar surface area (TPSA) is 41.6 Å². The van der Waals surface area contributed by atoms with Crippen LogP contribution in [0, 0.1) is 5.82 Å². The first kappa shape index (κ1) is 18.3. The van der Waals surface area contributed by atoms with Gasteiger partial charge in [-0.1, -0.05) is 23.7 Å². The van der Waals surface area contributed by atoms with E-state index in [-0.39, 0.29) is 17.8 Å². The van der Waals surface area contributed by atoms with Crippen molar-refractivity contribution in [2.24, 2.45) is 0 Å². The van der Waals surface area contributed by atoms with Gasteiger partial charge in [0.2, 0.25) is 0 Å². The fourth-order valence-electron chi connectivity index (χ4n) is 3.79. The van der Waals surface area contributed by atoms with Crippen LogP contribution in [0.4, 0.5) is 4.39 Å². The lowest BCUT2D eigenvalue weighted by atomic mass is 10.0. The van der Waals surface area contributed by atoms with Gasteiger partial charge in [-0.05, 0) is 54.3 Å². The van der Waals surface area contributed by atoms with E-state index < -0.39 is 6.10 Å². The normalized spacial score (nSPS) is 20.1. The second-order valence-electron chi connectivity index (χ2n) is 7.25. The van der Waals surface area contributed by atoms with E-state index in [1.807, 2.05) is 18.2 Å². The van der Waals surface area contributed by atoms with E-state index in [1.54, 1.807) is 18.2 Å². The molecule has 1 atom stereocenters. The summed E-state index contributed by atoms with van der Waals surface area (Å²) >= 11 is 6.01. The molecule has 142 valence electrons. The highest BCUT2D eigenvalue weighted by molar-refractivity contribution is 6.30. The van der Waals surface area contributed by atoms with Gasteiger partial charge in [0, 0.05) is 37.1 Å². The molecule has 0 bridgehead atoms. The third-order valence-electron chi connectivity index (χ3n) is 5.22. The van der Waals surface area contributed by atoms with E-state index in [0.29, 0.717) is 11.4 Å². The lowest BCUT2D eigenvalue weighted by Crippen LogP contribution is -2.48. The molecule has 1 saturated heterocycles. The zero-order valence-corrected chi connectivity index (χ0v) is 15.7. The van der Waals surface area contributed by atoms with Gasteiger partial charge in [0.1, 0.15) is 11.6 Å². The number of carbonyl (C=O) groups is 1. The number of rotatable bonds is 4. The summed E-state index contributed by atoms with van der Waals surface area (Å²) in [6.45, 7) is 2.49. The Hall–Kier alpha value is -2.11. The van der Waals surface area contributed by atoms with Crippen molar-refractivity contribution >= 4 is 17.5 Å². The molecule has 1 N–H and O–H groups in total. The van der Waals surface area contributed by atoms with Gasteiger partial charge in [-0.2, -0.15) is 0 Å². The van der Waals surface area contributed by atoms with Crippen LogP contribution < -0.4 is 10.1 Å². The van der Waals surface area contributed by atoms with E-state index in [9.17, 15) is 9.18 Å². The van der Waals surface area contributed by atoms with Crippen molar-refractivity contribution < 1.29 is 13.9 Å². The quantitative estimate of drug-likeness (QED) is 0.870. The van der Waals surface area contributed by atoms with Gasteiger partial charge < -0.3 is 10.1 Å². The summed E-state index contributed by atoms with van der Waals surface area (Å²) in [7, 11) is 0. The highest BCUT2D eigenvalue weighted by Crippen LogP contribution is 2.31. The zero-order valence-electron chi connectivity index (χ0n) is 15.0. The van der Waals surface area contributed by atoms with Gasteiger partial charge in [-0.3, -0.25) is 9.69 Å². The molecule has 2 aromatic carbocycles. The predicted octanol–water partition coefficient (Wildman–Crippen LogP) is 3.56. The molecule has 0 spiro atoms. The fourth-order valence-corrected chi connectivity index (χ4v) is 3.98. The van der Waals surface area contributed by atoms with Gasteiger partial charge in [-0.25, -0.2) is 4.39 Å². The molecular weight excluding hydrogens is 367 g/mol. The average molecular weight is 389 g/mol. The first-order chi connectivity index (χ1) is 13.1. The van der Waals surface area contributed by atoms with Gasteiger partial charge >= 0.3 is 0 Å². The summed E-state index contributed by atoms with van der Waals surface area (Å²) < 4.78 is 19.1. The molecule has 0 aliphatic carbocycles. The number of hydrogen-bond donors (Lipinski definition) is 1. The van der Waals surface area contributed by atoms with Crippen molar-refractivity contribution in [2.75, 3.05) is 13.1 Å². The largest absolute Gasteiger partial charge is 0.480 e. The van der Waals surface area contributed by atoms with E-state index in [0.717, 1.165) is 49.4 Å². The van der Waals surface area contributed by atoms with Crippen LogP contribution in [0.3, 0.4) is 0 Å². The van der Waals surface area contributed by atoms with Crippen molar-refractivity contribution in [1.82, 2.24) is 10.2 Å². The van der Waals surface area contributed by atoms with E-state index in [4.69, 9.17) is 16.3 Å². The highest BCUT2D eigenvalue weighted by atomic mass is 35.5. The Labute approximate surface area is 163 Å². The van der Waals surface area contributed by atoms with Gasteiger partial charge in [-0.15, -0.1) is 0 Å². The molecule has 1 fully saturated rings. The number of ether oxygens (including phenoxy) is 1. The van der Waals surface area contributed by atoms with Gasteiger partial charge in [0.05, 0.1) is 0 Å². The van der Waals surface area contributed by atoms with Crippen LogP contribution in [-0.2, 0) is 17.8 Å². The number of nitrogens with zero attached hydrogens (tertiary/aromatic N) is 1. The van der Waals surface area contributed by atoms with Crippen LogP contribution in [-0.4, -0.2) is 36.0 Å². The molecule has 6 heteroatoms. The number of hydrogen-bond acceptors (Lipinski definition) is 3. The Morgan fingerprint density at radius 1 is 1.22 bits per heavy atom. The maximum Gasteiger partial charge on any atom is 0.261 e. The van der Waals surface area contributed by atoms with Crippen molar-refractivity contribution in [2.45, 2.75) is 38.0 Å². The summed E-state index contributed by atoms with van der Waals surface area (Å²) in [4.78, 5) is 14.8. The number of likely N-dealkylation sites (tertiary alicyclic amines) is 1. The van der Waals surface area contributed by atoms with Crippen molar-refractivity contribution in [3.05, 3.63) is 64.4 Å². The third-order valence-corrected chi connectivity index (χ3v) is 5.45. The second-order valence-corrected chi connectivity index (χ2v) is 7.69. The van der Waals surface area contributed by atoms with E-state index in [1.165, 1.54) is 6.07 Å². The smallest absolute Gasteiger partial charge is 0.261 e. The van der Waals surface area contributed by atoms with Crippen LogP contribution >= 0.6 is 11.6 Å². The molecular formula is C21H22ClFN2O2. The molecule has 0 radical (unpaired) electrons. The minimum absolute atomic E-state index is 0.0640. The Balaban J connectivity index is 1.25. The number of carbonyl (C=O) groups excluding carboxylic acids is 1. The molecule has 4 rings (SSSR count). The number of nitrogens with one attached hydrogen (secondary N) is 1. The molecule has 0 aromatic heterocycles. The van der Waals surface area contributed by atoms with Gasteiger partial charge in [0.15, 0.2) is 6.10 Å². The SMILES string of the molecule is O=C(NC1CCN(Cc2cccc(F)c2)CC1)[C@H]1Cc2cc(Cl)ccc2O1. The summed E-state index contributed by atoms with van der Waals surface area (Å²) in [5, 5.41) is 3.78. The average Bonchev–Trinajstić information content (AvgIpc) is 3.07. The van der Waals surface area contributed by atoms with Crippen molar-refractivity contribution in [3.8, 4) is 5.75 Å². The maximum atomic E-state index is 13.3. The highest BCUT2D eigenvalue weighted by Gasteiger charge is 2.31. The molecule has 4 nitrogen and oxygen atoms in total. The van der Waals surface area contributed by atoms with Crippen molar-refractivity contribution in [1.29, 1.82) is 0 Å². The molecule has 2 aliphatic rings. The Kier molecular flexibility index (Phi) is 5.32. The molecule has 2 heterocycles. The fraction of sp³-hybridized carbons (Fsp3) is 0.381. The first-order valence-electron chi connectivity index (χ1n) is 9.29. The molecule has 2 aromatic rings. The number of piperidine rings is 1. The second kappa shape index (κ2) is 7.87. The van der Waals surface area contributed by atoms with Crippen LogP contribution in [0.25, 0.3) is 0 Å². The monoisotopic (exact) mass is 388 g/mol. The lowest BCUT2D eigenvalue weighted by Gasteiger charge is -2.32. The summed E-state index contributed by atoms with van der Waals surface area (Å²) in [5.41, 5.74) is 1.96. The molecule has 0 unspecified atom stereocenters. The van der Waals surface area contributed by atoms with E-state index in [2.05, 4.69) is 10.2 Å². The molecule has 2 aliphatic heterocycles. The molecule has 1 amide bonds. The van der Waals surface area contributed by atoms with E-state index >= 15 is 0 Å². The minimum Gasteiger partial charge on any atom is -0.480 e. The number of amides is 1. The third kappa shape index (κ3) is 4.42. The summed E-state index contributed by atoms with van der Waals surface area (Å²) in [6.07, 6.45) is 1.84. The van der Waals surface area contributed by atoms with Crippen LogP contribution in [0.5, 0.6) is 5.75 Å². The molecule has 0 saturated carbocycles. The van der Waals surface area contributed by atoms with Gasteiger partial charge in [0.25, 0.3) is 5.91 Å². The first-order valence-corrected chi connectivity index (χ1v) is 9.67. The van der Waals surface area contributed by atoms with Crippen molar-refractivity contribution in [3.63, 3.8) is 0 Å². The molecule has 27 heavy (non-hydrogen) atoms. The predicted molar refractivity (Wildman–Crippen MR) is 102 cm³/mol. The number of halogens is 2. The van der Waals surface area contributed by atoms with Crippen LogP contribution in [0.2, 0.25) is 5.02 Å². The van der Waals surface area contributed by atoms with Crippen LogP contribution in [0.15, 0.2) is 42.5 Å². The Morgan fingerprint density at radius 2 is 2.04 bits per heavy atom. The summed E-state index contributed by atoms with van der Waals surface area (Å²) in [6, 6.07) is 12.3. The number of fused-ring (bicyclic) bond motifs is 1. The standard InChI is InChI=1S/C21H22ClFN2O2/c22-16-4-5-19-15(11-16)12-20(27-19)21(26)24-18-6-8-25(9-7-18)13-14-2-1-3-17(23)10-14/h1-5,10-11,18,20H,6-9,12-13H2,(H,24,26)/t20-/m1/s1. The maximum absolute atomic E-state index is 13.3. The lowest BCUT2D eigenvalue weighted by molar-refractivity contribution is -0.128. The number of benzene rings is 2. The zero-order chi connectivity index (χ0) is 18.8.